The molecule has 1 aromatic carbocycles. The summed E-state index contributed by atoms with van der Waals surface area (Å²) in [6.45, 7) is 0. The SMILES string of the molecule is Oc1cc(-c2cn[nH]c2)ccc1-c1ccc(O[C@@H]2C[C@H]3CC(F)(F)[C@@H](C2)N3)nn1. The van der Waals surface area contributed by atoms with Crippen molar-refractivity contribution >= 4 is 0 Å². The summed E-state index contributed by atoms with van der Waals surface area (Å²) in [7, 11) is 0. The number of hydrogen-bond acceptors (Lipinski definition) is 6. The van der Waals surface area contributed by atoms with Gasteiger partial charge in [0.25, 0.3) is 5.92 Å². The molecule has 2 saturated heterocycles. The Balaban J connectivity index is 1.30. The van der Waals surface area contributed by atoms with Crippen LogP contribution in [0.5, 0.6) is 11.6 Å². The molecule has 2 fully saturated rings. The molecule has 0 radical (unpaired) electrons. The van der Waals surface area contributed by atoms with Crippen molar-refractivity contribution in [3.63, 3.8) is 0 Å². The van der Waals surface area contributed by atoms with E-state index >= 15 is 0 Å². The van der Waals surface area contributed by atoms with Crippen LogP contribution < -0.4 is 10.1 Å². The van der Waals surface area contributed by atoms with Crippen LogP contribution in [0.4, 0.5) is 8.78 Å². The minimum absolute atomic E-state index is 0.0730. The van der Waals surface area contributed by atoms with Gasteiger partial charge in [-0.1, -0.05) is 6.07 Å². The Morgan fingerprint density at radius 1 is 1.10 bits per heavy atom. The molecule has 2 bridgehead atoms. The molecule has 2 aromatic heterocycles. The van der Waals surface area contributed by atoms with Crippen molar-refractivity contribution in [2.45, 2.75) is 43.4 Å². The van der Waals surface area contributed by atoms with Crippen LogP contribution >= 0.6 is 0 Å². The van der Waals surface area contributed by atoms with E-state index in [0.29, 0.717) is 17.7 Å². The van der Waals surface area contributed by atoms with Crippen LogP contribution in [0.2, 0.25) is 0 Å². The van der Waals surface area contributed by atoms with Gasteiger partial charge in [-0.05, 0) is 30.2 Å². The first-order valence-corrected chi connectivity index (χ1v) is 9.45. The number of hydrogen-bond donors (Lipinski definition) is 3. The summed E-state index contributed by atoms with van der Waals surface area (Å²) in [5.74, 6) is -2.32. The topological polar surface area (TPSA) is 96.0 Å². The van der Waals surface area contributed by atoms with Crippen LogP contribution in [0.1, 0.15) is 19.3 Å². The van der Waals surface area contributed by atoms with E-state index in [4.69, 9.17) is 4.74 Å². The zero-order valence-electron chi connectivity index (χ0n) is 15.3. The number of halogens is 2. The Labute approximate surface area is 165 Å². The van der Waals surface area contributed by atoms with Gasteiger partial charge in [0.05, 0.1) is 17.9 Å². The number of piperidine rings is 1. The van der Waals surface area contributed by atoms with Crippen LogP contribution in [0, 0.1) is 0 Å². The van der Waals surface area contributed by atoms with Crippen molar-refractivity contribution in [3.05, 3.63) is 42.7 Å². The molecule has 4 heterocycles. The van der Waals surface area contributed by atoms with Gasteiger partial charge in [0.15, 0.2) is 0 Å². The maximum absolute atomic E-state index is 13.8. The van der Waals surface area contributed by atoms with E-state index in [1.807, 2.05) is 6.07 Å². The molecule has 29 heavy (non-hydrogen) atoms. The number of H-pyrrole nitrogens is 1. The van der Waals surface area contributed by atoms with E-state index in [2.05, 4.69) is 25.7 Å². The summed E-state index contributed by atoms with van der Waals surface area (Å²) in [5.41, 5.74) is 2.72. The molecular formula is C20H19F2N5O2. The first kappa shape index (κ1) is 18.0. The molecule has 3 aromatic rings. The van der Waals surface area contributed by atoms with Crippen LogP contribution in [-0.2, 0) is 0 Å². The number of benzene rings is 1. The lowest BCUT2D eigenvalue weighted by Gasteiger charge is -2.29. The predicted octanol–water partition coefficient (Wildman–Crippen LogP) is 3.15. The van der Waals surface area contributed by atoms with Crippen LogP contribution in [0.25, 0.3) is 22.4 Å². The van der Waals surface area contributed by atoms with Crippen LogP contribution in [-0.4, -0.2) is 49.6 Å². The van der Waals surface area contributed by atoms with Gasteiger partial charge in [-0.15, -0.1) is 10.2 Å². The summed E-state index contributed by atoms with van der Waals surface area (Å²) in [6.07, 6.45) is 3.71. The Bertz CT molecular complexity index is 1010. The number of fused-ring (bicyclic) bond motifs is 2. The fraction of sp³-hybridized carbons (Fsp3) is 0.350. The van der Waals surface area contributed by atoms with E-state index in [0.717, 1.165) is 11.1 Å². The van der Waals surface area contributed by atoms with Crippen molar-refractivity contribution in [1.82, 2.24) is 25.7 Å². The first-order valence-electron chi connectivity index (χ1n) is 9.45. The highest BCUT2D eigenvalue weighted by atomic mass is 19.3. The highest BCUT2D eigenvalue weighted by Gasteiger charge is 2.53. The Morgan fingerprint density at radius 2 is 2.00 bits per heavy atom. The number of phenols is 1. The molecule has 5 rings (SSSR count). The number of nitrogens with one attached hydrogen (secondary N) is 2. The second-order valence-electron chi connectivity index (χ2n) is 7.57. The standard InChI is InChI=1S/C20H19F2N5O2/c21-20(22)8-13-6-14(7-18(20)25-13)29-19-4-3-16(26-27-19)15-2-1-11(5-17(15)28)12-9-23-24-10-12/h1-5,9-10,13-14,18,25,28H,6-8H2,(H,23,24)/t13-,14+,18+/m0/s1. The zero-order chi connectivity index (χ0) is 20.0. The molecule has 3 N–H and O–H groups in total. The lowest BCUT2D eigenvalue weighted by atomic mass is 10.0. The van der Waals surface area contributed by atoms with Crippen molar-refractivity contribution in [2.75, 3.05) is 0 Å². The van der Waals surface area contributed by atoms with E-state index in [9.17, 15) is 13.9 Å². The summed E-state index contributed by atoms with van der Waals surface area (Å²) in [6, 6.07) is 7.52. The van der Waals surface area contributed by atoms with E-state index in [1.165, 1.54) is 0 Å². The summed E-state index contributed by atoms with van der Waals surface area (Å²) < 4.78 is 33.5. The summed E-state index contributed by atoms with van der Waals surface area (Å²) in [5, 5.41) is 28.2. The number of rotatable bonds is 4. The van der Waals surface area contributed by atoms with Gasteiger partial charge in [-0.2, -0.15) is 5.10 Å². The highest BCUT2D eigenvalue weighted by molar-refractivity contribution is 5.73. The quantitative estimate of drug-likeness (QED) is 0.624. The summed E-state index contributed by atoms with van der Waals surface area (Å²) in [4.78, 5) is 0. The molecule has 2 aliphatic rings. The highest BCUT2D eigenvalue weighted by Crippen LogP contribution is 2.40. The predicted molar refractivity (Wildman–Crippen MR) is 101 cm³/mol. The van der Waals surface area contributed by atoms with Crippen LogP contribution in [0.3, 0.4) is 0 Å². The lowest BCUT2D eigenvalue weighted by molar-refractivity contribution is -0.0195. The molecular weight excluding hydrogens is 380 g/mol. The average molecular weight is 399 g/mol. The smallest absolute Gasteiger partial charge is 0.264 e. The number of aromatic nitrogens is 4. The molecule has 0 aliphatic carbocycles. The van der Waals surface area contributed by atoms with Gasteiger partial charge in [-0.25, -0.2) is 8.78 Å². The Morgan fingerprint density at radius 3 is 2.69 bits per heavy atom. The van der Waals surface area contributed by atoms with Crippen molar-refractivity contribution < 1.29 is 18.6 Å². The lowest BCUT2D eigenvalue weighted by Crippen LogP contribution is -2.46. The molecule has 0 amide bonds. The van der Waals surface area contributed by atoms with Gasteiger partial charge in [-0.3, -0.25) is 5.10 Å². The number of ether oxygens (including phenoxy) is 1. The number of nitrogens with zero attached hydrogens (tertiary/aromatic N) is 3. The molecule has 3 atom stereocenters. The number of aromatic amines is 1. The fourth-order valence-corrected chi connectivity index (χ4v) is 4.13. The Kier molecular flexibility index (Phi) is 4.20. The summed E-state index contributed by atoms with van der Waals surface area (Å²) >= 11 is 0. The Hall–Kier alpha value is -3.07. The van der Waals surface area contributed by atoms with Crippen LogP contribution in [0.15, 0.2) is 42.7 Å². The maximum atomic E-state index is 13.8. The molecule has 7 nitrogen and oxygen atoms in total. The number of phenolic OH excluding ortho intramolecular Hbond substituents is 1. The zero-order valence-corrected chi connectivity index (χ0v) is 15.3. The minimum Gasteiger partial charge on any atom is -0.507 e. The molecule has 9 heteroatoms. The van der Waals surface area contributed by atoms with Crippen molar-refractivity contribution in [3.8, 4) is 34.0 Å². The third-order valence-electron chi connectivity index (χ3n) is 5.54. The molecule has 150 valence electrons. The number of aromatic hydroxyl groups is 1. The van der Waals surface area contributed by atoms with E-state index < -0.39 is 12.0 Å². The van der Waals surface area contributed by atoms with Gasteiger partial charge in [0, 0.05) is 42.3 Å². The molecule has 2 aliphatic heterocycles. The number of alkyl halides is 2. The maximum Gasteiger partial charge on any atom is 0.264 e. The van der Waals surface area contributed by atoms with Gasteiger partial charge < -0.3 is 15.2 Å². The largest absolute Gasteiger partial charge is 0.507 e. The van der Waals surface area contributed by atoms with Gasteiger partial charge in [0.2, 0.25) is 5.88 Å². The van der Waals surface area contributed by atoms with E-state index in [1.54, 1.807) is 36.7 Å². The third kappa shape index (κ3) is 3.42. The minimum atomic E-state index is -2.68. The van der Waals surface area contributed by atoms with Crippen molar-refractivity contribution in [1.29, 1.82) is 0 Å². The van der Waals surface area contributed by atoms with Gasteiger partial charge >= 0.3 is 0 Å². The van der Waals surface area contributed by atoms with Crippen molar-refractivity contribution in [2.24, 2.45) is 0 Å². The first-order chi connectivity index (χ1) is 14.0. The van der Waals surface area contributed by atoms with E-state index in [-0.39, 0.29) is 36.6 Å². The normalized spacial score (nSPS) is 25.1. The third-order valence-corrected chi connectivity index (χ3v) is 5.54. The fourth-order valence-electron chi connectivity index (χ4n) is 4.13. The molecule has 0 unspecified atom stereocenters. The average Bonchev–Trinajstić information content (AvgIpc) is 3.29. The monoisotopic (exact) mass is 399 g/mol. The van der Waals surface area contributed by atoms with Gasteiger partial charge in [0.1, 0.15) is 11.9 Å². The second kappa shape index (κ2) is 6.77. The second-order valence-corrected chi connectivity index (χ2v) is 7.57. The molecule has 0 saturated carbocycles. The molecule has 0 spiro atoms.